The van der Waals surface area contributed by atoms with Crippen LogP contribution in [0.5, 0.6) is 0 Å². The van der Waals surface area contributed by atoms with Crippen molar-refractivity contribution in [3.8, 4) is 22.5 Å². The number of H-pyrrole nitrogens is 2. The number of aromatic amines is 2. The molecule has 4 aliphatic heterocycles. The smallest absolute Gasteiger partial charge is 0.407 e. The van der Waals surface area contributed by atoms with Gasteiger partial charge in [0.05, 0.1) is 55.8 Å². The molecule has 2 aromatic heterocycles. The van der Waals surface area contributed by atoms with Crippen LogP contribution in [-0.2, 0) is 19.1 Å². The highest BCUT2D eigenvalue weighted by atomic mass is 16.5. The van der Waals surface area contributed by atoms with E-state index in [4.69, 9.17) is 19.5 Å². The van der Waals surface area contributed by atoms with Gasteiger partial charge >= 0.3 is 12.2 Å². The van der Waals surface area contributed by atoms with E-state index in [1.807, 2.05) is 64.4 Å². The number of carbonyl (C=O) groups is 4. The standard InChI is InChI=1S/C40H48N10O6/c1-21(2)31(47-39(53)55-5)37(51)49-15-7-9-29(49)35-43-19-27(45-35)23-11-13-24(14-12-23)33-25-17-42-34(26(25)18-41-33)28-20-44-36(46-28)30-10-8-16-50(30)38(52)32(22(3)4)48-40(54)56-6/h11-14,17-22,29-32,41H,7-10,15-16H2,1-6H3,(H,43,45)(H,47,53)(H,48,54)/t29-,30?,31-,32-/m0/s1. The van der Waals surface area contributed by atoms with Crippen LogP contribution in [-0.4, -0.2) is 112 Å². The normalized spacial score (nSPS) is 21.1. The lowest BCUT2D eigenvalue weighted by molar-refractivity contribution is -0.135. The molecule has 16 nitrogen and oxygen atoms in total. The highest BCUT2D eigenvalue weighted by Gasteiger charge is 2.40. The van der Waals surface area contributed by atoms with Gasteiger partial charge in [-0.15, -0.1) is 0 Å². The minimum atomic E-state index is -0.722. The first-order valence-corrected chi connectivity index (χ1v) is 19.1. The fraction of sp³-hybridized carbons (Fsp3) is 0.450. The van der Waals surface area contributed by atoms with Gasteiger partial charge in [0.1, 0.15) is 23.6 Å². The summed E-state index contributed by atoms with van der Waals surface area (Å²) >= 11 is 0. The van der Waals surface area contributed by atoms with Crippen molar-refractivity contribution in [2.75, 3.05) is 27.3 Å². The Balaban J connectivity index is 1.05. The third-order valence-electron chi connectivity index (χ3n) is 10.8. The minimum absolute atomic E-state index is 0.115. The van der Waals surface area contributed by atoms with Gasteiger partial charge in [0.25, 0.3) is 0 Å². The molecular weight excluding hydrogens is 717 g/mol. The van der Waals surface area contributed by atoms with Gasteiger partial charge in [0.15, 0.2) is 5.84 Å². The second-order valence-corrected chi connectivity index (χ2v) is 15.1. The third-order valence-corrected chi connectivity index (χ3v) is 10.8. The lowest BCUT2D eigenvalue weighted by atomic mass is 10.0. The number of amidine groups is 1. The Kier molecular flexibility index (Phi) is 10.9. The van der Waals surface area contributed by atoms with E-state index in [0.29, 0.717) is 36.1 Å². The number of aliphatic imine (C=N–C) groups is 3. The number of fused-ring (bicyclic) bond motifs is 1. The molecule has 2 fully saturated rings. The molecule has 0 aliphatic carbocycles. The van der Waals surface area contributed by atoms with Crippen LogP contribution in [0.1, 0.15) is 76.4 Å². The van der Waals surface area contributed by atoms with E-state index >= 15 is 0 Å². The molecule has 3 aromatic rings. The number of benzene rings is 1. The van der Waals surface area contributed by atoms with Crippen LogP contribution in [0, 0.1) is 11.8 Å². The van der Waals surface area contributed by atoms with Gasteiger partial charge in [-0.2, -0.15) is 0 Å². The summed E-state index contributed by atoms with van der Waals surface area (Å²) in [5.41, 5.74) is 6.85. The van der Waals surface area contributed by atoms with Crippen LogP contribution < -0.4 is 10.6 Å². The van der Waals surface area contributed by atoms with Crippen molar-refractivity contribution in [3.63, 3.8) is 0 Å². The monoisotopic (exact) mass is 764 g/mol. The lowest BCUT2D eigenvalue weighted by Crippen LogP contribution is -2.53. The summed E-state index contributed by atoms with van der Waals surface area (Å²) in [6.45, 7) is 8.69. The predicted octanol–water partition coefficient (Wildman–Crippen LogP) is 5.07. The SMILES string of the molecule is COC(=O)N[C@H](C(=O)N1CCCC1C1=NC(=C2N=Cc3c2c[nH]c3-c2ccc(-c3cnc([C@@H]4CCCN4C(=O)[C@@H](NC(=O)OC)C(C)C)[nH]3)cc2)C=N1)C(C)C. The zero-order chi connectivity index (χ0) is 39.7. The molecule has 56 heavy (non-hydrogen) atoms. The molecule has 4 amide bonds. The molecule has 0 radical (unpaired) electrons. The molecule has 4 aliphatic rings. The van der Waals surface area contributed by atoms with Gasteiger partial charge in [0.2, 0.25) is 11.8 Å². The fourth-order valence-corrected chi connectivity index (χ4v) is 7.83. The molecule has 16 heteroatoms. The maximum absolute atomic E-state index is 13.6. The maximum Gasteiger partial charge on any atom is 0.407 e. The van der Waals surface area contributed by atoms with Gasteiger partial charge in [-0.25, -0.2) is 24.6 Å². The van der Waals surface area contributed by atoms with Crippen molar-refractivity contribution in [2.24, 2.45) is 26.8 Å². The number of hydrogen-bond acceptors (Lipinski definition) is 10. The van der Waals surface area contributed by atoms with Crippen molar-refractivity contribution < 1.29 is 28.7 Å². The first-order chi connectivity index (χ1) is 27.0. The highest BCUT2D eigenvalue weighted by molar-refractivity contribution is 6.12. The van der Waals surface area contributed by atoms with E-state index in [1.54, 1.807) is 22.2 Å². The van der Waals surface area contributed by atoms with E-state index in [2.05, 4.69) is 30.6 Å². The number of rotatable bonds is 10. The van der Waals surface area contributed by atoms with Crippen LogP contribution in [0.15, 0.2) is 57.3 Å². The van der Waals surface area contributed by atoms with Crippen molar-refractivity contribution in [1.29, 1.82) is 0 Å². The zero-order valence-corrected chi connectivity index (χ0v) is 32.5. The Morgan fingerprint density at radius 3 is 2.00 bits per heavy atom. The van der Waals surface area contributed by atoms with Gasteiger partial charge in [-0.05, 0) is 48.6 Å². The molecule has 4 atom stereocenters. The molecule has 0 saturated carbocycles. The lowest BCUT2D eigenvalue weighted by Gasteiger charge is -2.30. The van der Waals surface area contributed by atoms with Crippen LogP contribution in [0.4, 0.5) is 9.59 Å². The number of alkyl carbamates (subject to hydrolysis) is 2. The first kappa shape index (κ1) is 38.2. The summed E-state index contributed by atoms with van der Waals surface area (Å²) < 4.78 is 9.51. The van der Waals surface area contributed by atoms with E-state index < -0.39 is 24.3 Å². The molecule has 0 bridgehead atoms. The van der Waals surface area contributed by atoms with Crippen molar-refractivity contribution in [3.05, 3.63) is 59.3 Å². The maximum atomic E-state index is 13.6. The second-order valence-electron chi connectivity index (χ2n) is 15.1. The first-order valence-electron chi connectivity index (χ1n) is 19.1. The number of likely N-dealkylation sites (tertiary alicyclic amines) is 2. The zero-order valence-electron chi connectivity index (χ0n) is 32.5. The van der Waals surface area contributed by atoms with Crippen LogP contribution >= 0.6 is 0 Å². The largest absolute Gasteiger partial charge is 0.453 e. The van der Waals surface area contributed by atoms with Crippen molar-refractivity contribution in [2.45, 2.75) is 77.5 Å². The quantitative estimate of drug-likeness (QED) is 0.221. The molecule has 1 unspecified atom stereocenters. The van der Waals surface area contributed by atoms with Gasteiger partial charge < -0.3 is 39.9 Å². The van der Waals surface area contributed by atoms with E-state index in [0.717, 1.165) is 59.3 Å². The fourth-order valence-electron chi connectivity index (χ4n) is 7.83. The molecule has 1 aromatic carbocycles. The Bertz CT molecular complexity index is 2130. The molecule has 0 spiro atoms. The van der Waals surface area contributed by atoms with Crippen LogP contribution in [0.25, 0.3) is 28.2 Å². The number of nitrogens with zero attached hydrogens (tertiary/aromatic N) is 6. The van der Waals surface area contributed by atoms with Crippen LogP contribution in [0.3, 0.4) is 0 Å². The number of carbonyl (C=O) groups excluding carboxylic acids is 4. The summed E-state index contributed by atoms with van der Waals surface area (Å²) in [7, 11) is 2.56. The Hall–Kier alpha value is -6.06. The predicted molar refractivity (Wildman–Crippen MR) is 211 cm³/mol. The minimum Gasteiger partial charge on any atom is -0.453 e. The number of aromatic nitrogens is 3. The molecule has 294 valence electrons. The number of amides is 4. The third kappa shape index (κ3) is 7.34. The summed E-state index contributed by atoms with van der Waals surface area (Å²) in [4.78, 5) is 80.4. The number of ether oxygens (including phenoxy) is 2. The summed E-state index contributed by atoms with van der Waals surface area (Å²) in [5, 5.41) is 5.37. The van der Waals surface area contributed by atoms with Gasteiger partial charge in [0, 0.05) is 36.6 Å². The summed E-state index contributed by atoms with van der Waals surface area (Å²) in [5.74, 6) is 0.684. The summed E-state index contributed by atoms with van der Waals surface area (Å²) in [6.07, 6.45) is 9.10. The second kappa shape index (κ2) is 16.0. The van der Waals surface area contributed by atoms with E-state index in [9.17, 15) is 19.2 Å². The van der Waals surface area contributed by atoms with Crippen molar-refractivity contribution >= 4 is 48.0 Å². The van der Waals surface area contributed by atoms with Gasteiger partial charge in [-0.1, -0.05) is 52.0 Å². The summed E-state index contributed by atoms with van der Waals surface area (Å²) in [6, 6.07) is 6.18. The number of hydrogen-bond donors (Lipinski definition) is 4. The van der Waals surface area contributed by atoms with E-state index in [1.165, 1.54) is 14.2 Å². The molecular formula is C40H48N10O6. The average Bonchev–Trinajstić information content (AvgIpc) is 4.04. The molecule has 6 heterocycles. The average molecular weight is 765 g/mol. The molecule has 2 saturated heterocycles. The Labute approximate surface area is 325 Å². The molecule has 7 rings (SSSR count). The topological polar surface area (TPSA) is 199 Å². The number of methoxy groups -OCH3 is 2. The van der Waals surface area contributed by atoms with Gasteiger partial charge in [-0.3, -0.25) is 14.6 Å². The number of imidazole rings is 1. The van der Waals surface area contributed by atoms with Crippen LogP contribution in [0.2, 0.25) is 0 Å². The van der Waals surface area contributed by atoms with E-state index in [-0.39, 0.29) is 35.7 Å². The Morgan fingerprint density at radius 2 is 1.39 bits per heavy atom. The van der Waals surface area contributed by atoms with Crippen molar-refractivity contribution in [1.82, 2.24) is 35.4 Å². The Morgan fingerprint density at radius 1 is 0.804 bits per heavy atom. The number of allylic oxidation sites excluding steroid dienone is 1. The number of nitrogens with one attached hydrogen (secondary N) is 4. The highest BCUT2D eigenvalue weighted by Crippen LogP contribution is 2.37. The molecule has 4 N–H and O–H groups in total.